The molecule has 1 amide bonds. The summed E-state index contributed by atoms with van der Waals surface area (Å²) in [6.45, 7) is 3.33. The summed E-state index contributed by atoms with van der Waals surface area (Å²) in [5.41, 5.74) is 2.33. The van der Waals surface area contributed by atoms with Crippen LogP contribution in [0.4, 0.5) is 10.5 Å². The van der Waals surface area contributed by atoms with E-state index >= 15 is 0 Å². The molecule has 1 N–H and O–H groups in total. The van der Waals surface area contributed by atoms with Crippen LogP contribution in [0.15, 0.2) is 42.5 Å². The topological polar surface area (TPSA) is 82.5 Å². The molecule has 2 aliphatic heterocycles. The molecule has 1 saturated carbocycles. The van der Waals surface area contributed by atoms with Gasteiger partial charge >= 0.3 is 12.1 Å². The van der Waals surface area contributed by atoms with Crippen molar-refractivity contribution in [3.05, 3.63) is 53.6 Å². The van der Waals surface area contributed by atoms with E-state index in [1.54, 1.807) is 12.1 Å². The lowest BCUT2D eigenvalue weighted by Crippen LogP contribution is -2.45. The summed E-state index contributed by atoms with van der Waals surface area (Å²) in [4.78, 5) is 36.2. The van der Waals surface area contributed by atoms with Crippen LogP contribution in [0.5, 0.6) is 11.5 Å². The van der Waals surface area contributed by atoms with Crippen LogP contribution in [0, 0.1) is 0 Å². The quantitative estimate of drug-likeness (QED) is 0.641. The Morgan fingerprint density at radius 3 is 2.57 bits per heavy atom. The van der Waals surface area contributed by atoms with Gasteiger partial charge in [-0.2, -0.15) is 0 Å². The molecule has 2 fully saturated rings. The highest BCUT2D eigenvalue weighted by Gasteiger charge is 2.52. The van der Waals surface area contributed by atoms with E-state index in [4.69, 9.17) is 9.57 Å². The first-order valence-corrected chi connectivity index (χ1v) is 12.4. The largest absolute Gasteiger partial charge is 0.507 e. The predicted octanol–water partition coefficient (Wildman–Crippen LogP) is 4.67. The molecule has 2 aromatic rings. The van der Waals surface area contributed by atoms with Gasteiger partial charge in [-0.15, -0.1) is 5.06 Å². The summed E-state index contributed by atoms with van der Waals surface area (Å²) in [6, 6.07) is 11.6. The zero-order chi connectivity index (χ0) is 24.7. The maximum atomic E-state index is 13.3. The number of phenols is 1. The minimum Gasteiger partial charge on any atom is -0.507 e. The fourth-order valence-electron chi connectivity index (χ4n) is 6.13. The van der Waals surface area contributed by atoms with Crippen LogP contribution < -0.4 is 9.64 Å². The third-order valence-electron chi connectivity index (χ3n) is 7.90. The number of hydrogen-bond donors (Lipinski definition) is 1. The Balaban J connectivity index is 1.37. The third-order valence-corrected chi connectivity index (χ3v) is 7.90. The van der Waals surface area contributed by atoms with E-state index in [2.05, 4.69) is 30.8 Å². The number of benzene rings is 2. The van der Waals surface area contributed by atoms with E-state index in [-0.39, 0.29) is 28.9 Å². The standard InChI is InChI=1S/C27H33N3O5/c1-27-15-16-28(2)25(27)29(3)22-17-19(13-14-21(22)27)34-26(33)30(18-9-5-4-6-10-18)35-24(32)20-11-7-8-12-23(20)31/h7-8,11-14,17-18,25,31H,4-6,9-10,15-16H2,1-3H3. The van der Waals surface area contributed by atoms with Crippen molar-refractivity contribution in [2.24, 2.45) is 0 Å². The van der Waals surface area contributed by atoms with Crippen molar-refractivity contribution in [1.82, 2.24) is 9.96 Å². The number of likely N-dealkylation sites (tertiary alicyclic amines) is 1. The van der Waals surface area contributed by atoms with Crippen LogP contribution in [-0.2, 0) is 10.3 Å². The number of hydrogen-bond acceptors (Lipinski definition) is 7. The van der Waals surface area contributed by atoms with Gasteiger partial charge in [0.25, 0.3) is 0 Å². The lowest BCUT2D eigenvalue weighted by molar-refractivity contribution is -0.116. The summed E-state index contributed by atoms with van der Waals surface area (Å²) < 4.78 is 5.76. The van der Waals surface area contributed by atoms with Crippen molar-refractivity contribution in [1.29, 1.82) is 0 Å². The van der Waals surface area contributed by atoms with Crippen LogP contribution in [0.25, 0.3) is 0 Å². The van der Waals surface area contributed by atoms with Crippen molar-refractivity contribution < 1.29 is 24.3 Å². The molecule has 2 aromatic carbocycles. The van der Waals surface area contributed by atoms with Crippen LogP contribution in [0.1, 0.15) is 61.4 Å². The number of para-hydroxylation sites is 1. The van der Waals surface area contributed by atoms with E-state index < -0.39 is 12.1 Å². The molecule has 186 valence electrons. The predicted molar refractivity (Wildman–Crippen MR) is 131 cm³/mol. The van der Waals surface area contributed by atoms with Gasteiger partial charge in [0.1, 0.15) is 17.1 Å². The highest BCUT2D eigenvalue weighted by molar-refractivity contribution is 5.92. The summed E-state index contributed by atoms with van der Waals surface area (Å²) in [5, 5.41) is 11.1. The number of carbonyl (C=O) groups excluding carboxylic acids is 2. The summed E-state index contributed by atoms with van der Waals surface area (Å²) in [6.07, 6.45) is 5.02. The molecule has 8 nitrogen and oxygen atoms in total. The van der Waals surface area contributed by atoms with Crippen molar-refractivity contribution in [2.45, 2.75) is 63.1 Å². The van der Waals surface area contributed by atoms with Gasteiger partial charge in [-0.25, -0.2) is 9.59 Å². The molecular formula is C27H33N3O5. The van der Waals surface area contributed by atoms with Gasteiger partial charge in [-0.3, -0.25) is 4.90 Å². The first kappa shape index (κ1) is 23.5. The number of hydroxylamine groups is 2. The summed E-state index contributed by atoms with van der Waals surface area (Å²) in [7, 11) is 4.21. The first-order valence-electron chi connectivity index (χ1n) is 12.4. The Hall–Kier alpha value is -3.26. The molecule has 2 heterocycles. The molecule has 8 heteroatoms. The van der Waals surface area contributed by atoms with Crippen molar-refractivity contribution >= 4 is 17.7 Å². The molecule has 0 radical (unpaired) electrons. The number of phenolic OH excluding ortho intramolecular Hbond substituents is 1. The Kier molecular flexibility index (Phi) is 6.09. The minimum atomic E-state index is -0.789. The molecule has 35 heavy (non-hydrogen) atoms. The number of rotatable bonds is 3. The number of anilines is 1. The van der Waals surface area contributed by atoms with Crippen LogP contribution >= 0.6 is 0 Å². The molecule has 2 unspecified atom stereocenters. The number of fused-ring (bicyclic) bond motifs is 3. The molecular weight excluding hydrogens is 446 g/mol. The highest BCUT2D eigenvalue weighted by atomic mass is 16.8. The Labute approximate surface area is 206 Å². The number of ether oxygens (including phenoxy) is 1. The van der Waals surface area contributed by atoms with E-state index in [1.807, 2.05) is 18.2 Å². The van der Waals surface area contributed by atoms with E-state index in [0.29, 0.717) is 5.75 Å². The van der Waals surface area contributed by atoms with Gasteiger partial charge in [0.2, 0.25) is 0 Å². The smallest absolute Gasteiger partial charge is 0.449 e. The van der Waals surface area contributed by atoms with Gasteiger partial charge in [0.05, 0.1) is 12.2 Å². The van der Waals surface area contributed by atoms with Crippen LogP contribution in [-0.4, -0.2) is 60.0 Å². The molecule has 0 aromatic heterocycles. The molecule has 0 bridgehead atoms. The fourth-order valence-corrected chi connectivity index (χ4v) is 6.13. The molecule has 1 aliphatic carbocycles. The summed E-state index contributed by atoms with van der Waals surface area (Å²) in [5.74, 6) is -0.575. The number of aromatic hydroxyl groups is 1. The van der Waals surface area contributed by atoms with E-state index in [9.17, 15) is 14.7 Å². The highest BCUT2D eigenvalue weighted by Crippen LogP contribution is 2.51. The number of likely N-dealkylation sites (N-methyl/N-ethyl adjacent to an activating group) is 2. The average molecular weight is 480 g/mol. The van der Waals surface area contributed by atoms with E-state index in [0.717, 1.165) is 55.8 Å². The first-order chi connectivity index (χ1) is 16.8. The number of nitrogens with zero attached hydrogens (tertiary/aromatic N) is 3. The molecule has 2 atom stereocenters. The number of amides is 1. The lowest BCUT2D eigenvalue weighted by atomic mass is 9.81. The third kappa shape index (κ3) is 4.10. The molecule has 0 spiro atoms. The Morgan fingerprint density at radius 1 is 1.09 bits per heavy atom. The Bertz CT molecular complexity index is 1130. The van der Waals surface area contributed by atoms with Gasteiger partial charge in [0.15, 0.2) is 0 Å². The monoisotopic (exact) mass is 479 g/mol. The van der Waals surface area contributed by atoms with Crippen molar-refractivity contribution in [2.75, 3.05) is 25.5 Å². The molecule has 5 rings (SSSR count). The number of carbonyl (C=O) groups is 2. The van der Waals surface area contributed by atoms with Gasteiger partial charge in [0, 0.05) is 30.8 Å². The zero-order valence-corrected chi connectivity index (χ0v) is 20.6. The lowest BCUT2D eigenvalue weighted by Gasteiger charge is -2.32. The van der Waals surface area contributed by atoms with Crippen LogP contribution in [0.3, 0.4) is 0 Å². The SMILES string of the molecule is CN1CCC2(C)c3ccc(OC(=O)N(OC(=O)c4ccccc4O)C4CCCCC4)cc3N(C)C12. The maximum Gasteiger partial charge on any atom is 0.449 e. The maximum absolute atomic E-state index is 13.3. The van der Waals surface area contributed by atoms with Gasteiger partial charge in [-0.05, 0) is 50.1 Å². The summed E-state index contributed by atoms with van der Waals surface area (Å²) >= 11 is 0. The normalized spacial score (nSPS) is 24.1. The van der Waals surface area contributed by atoms with Crippen LogP contribution in [0.2, 0.25) is 0 Å². The van der Waals surface area contributed by atoms with E-state index in [1.165, 1.54) is 17.7 Å². The molecule has 1 saturated heterocycles. The second kappa shape index (κ2) is 9.07. The Morgan fingerprint density at radius 2 is 1.83 bits per heavy atom. The average Bonchev–Trinajstić information content (AvgIpc) is 3.28. The second-order valence-corrected chi connectivity index (χ2v) is 10.2. The van der Waals surface area contributed by atoms with Crippen molar-refractivity contribution in [3.63, 3.8) is 0 Å². The van der Waals surface area contributed by atoms with Gasteiger partial charge in [-0.1, -0.05) is 44.4 Å². The van der Waals surface area contributed by atoms with Gasteiger partial charge < -0.3 is 19.6 Å². The van der Waals surface area contributed by atoms with Crippen molar-refractivity contribution in [3.8, 4) is 11.5 Å². The minimum absolute atomic E-state index is 0.00386. The zero-order valence-electron chi connectivity index (χ0n) is 20.6. The fraction of sp³-hybridized carbons (Fsp3) is 0.481. The second-order valence-electron chi connectivity index (χ2n) is 10.2. The molecule has 3 aliphatic rings.